The predicted molar refractivity (Wildman–Crippen MR) is 114 cm³/mol. The molecule has 1 saturated heterocycles. The molecule has 1 fully saturated rings. The first-order chi connectivity index (χ1) is 15.7. The first-order valence-corrected chi connectivity index (χ1v) is 10.9. The fourth-order valence-electron chi connectivity index (χ4n) is 4.40. The van der Waals surface area contributed by atoms with Gasteiger partial charge in [-0.2, -0.15) is 4.98 Å². The summed E-state index contributed by atoms with van der Waals surface area (Å²) in [5, 5.41) is 4.00. The highest BCUT2D eigenvalue weighted by Gasteiger charge is 2.35. The average molecular weight is 436 g/mol. The van der Waals surface area contributed by atoms with Crippen molar-refractivity contribution in [3.05, 3.63) is 77.2 Å². The molecule has 1 atom stereocenters. The molecule has 2 aliphatic heterocycles. The second kappa shape index (κ2) is 9.08. The van der Waals surface area contributed by atoms with Crippen LogP contribution in [-0.4, -0.2) is 45.0 Å². The molecule has 32 heavy (non-hydrogen) atoms. The van der Waals surface area contributed by atoms with Crippen molar-refractivity contribution < 1.29 is 18.4 Å². The largest absolute Gasteiger partial charge is 0.485 e. The molecule has 0 aliphatic carbocycles. The molecule has 0 spiro atoms. The van der Waals surface area contributed by atoms with Crippen molar-refractivity contribution in [1.82, 2.24) is 19.9 Å². The molecule has 0 unspecified atom stereocenters. The molecule has 5 rings (SSSR count). The number of likely N-dealkylation sites (tertiary alicyclic amines) is 1. The zero-order valence-corrected chi connectivity index (χ0v) is 17.7. The van der Waals surface area contributed by atoms with Gasteiger partial charge in [0.25, 0.3) is 0 Å². The summed E-state index contributed by atoms with van der Waals surface area (Å²) in [7, 11) is 0. The van der Waals surface area contributed by atoms with Crippen LogP contribution >= 0.6 is 0 Å². The molecule has 1 aromatic heterocycles. The Bertz CT molecular complexity index is 1080. The number of halogens is 1. The van der Waals surface area contributed by atoms with Crippen molar-refractivity contribution in [1.29, 1.82) is 0 Å². The number of amides is 1. The molecule has 166 valence electrons. The molecule has 2 aliphatic rings. The van der Waals surface area contributed by atoms with Crippen molar-refractivity contribution in [2.75, 3.05) is 13.1 Å². The zero-order valence-electron chi connectivity index (χ0n) is 17.7. The van der Waals surface area contributed by atoms with Crippen LogP contribution in [0.2, 0.25) is 0 Å². The fourth-order valence-corrected chi connectivity index (χ4v) is 4.40. The number of hydrogen-bond donors (Lipinski definition) is 0. The van der Waals surface area contributed by atoms with E-state index in [0.717, 1.165) is 25.9 Å². The van der Waals surface area contributed by atoms with Crippen molar-refractivity contribution >= 4 is 5.91 Å². The van der Waals surface area contributed by atoms with Crippen LogP contribution in [0.1, 0.15) is 35.7 Å². The van der Waals surface area contributed by atoms with Crippen LogP contribution < -0.4 is 4.74 Å². The summed E-state index contributed by atoms with van der Waals surface area (Å²) in [4.78, 5) is 21.8. The lowest BCUT2D eigenvalue weighted by atomic mass is 9.93. The average Bonchev–Trinajstić information content (AvgIpc) is 3.50. The molecule has 2 aromatic carbocycles. The third-order valence-corrected chi connectivity index (χ3v) is 6.08. The summed E-state index contributed by atoms with van der Waals surface area (Å²) in [6.07, 6.45) is 2.81. The standard InChI is InChI=1S/C24H25FN4O3/c25-19-7-9-20(10-8-19)31-16-22-26-23(32-27-22)15-29-14-18-6-2-1-5-17(18)13-21(29)24(30)28-11-3-4-12-28/h1-2,5-10,21H,3-4,11-16H2/t21-/m1/s1. The van der Waals surface area contributed by atoms with Gasteiger partial charge in [0, 0.05) is 19.6 Å². The Morgan fingerprint density at radius 1 is 1.09 bits per heavy atom. The van der Waals surface area contributed by atoms with Crippen LogP contribution in [0.25, 0.3) is 0 Å². The van der Waals surface area contributed by atoms with E-state index < -0.39 is 0 Å². The maximum Gasteiger partial charge on any atom is 0.240 e. The van der Waals surface area contributed by atoms with E-state index in [0.29, 0.717) is 37.0 Å². The number of carbonyl (C=O) groups is 1. The molecule has 7 nitrogen and oxygen atoms in total. The number of rotatable bonds is 6. The van der Waals surface area contributed by atoms with Crippen molar-refractivity contribution in [3.8, 4) is 5.75 Å². The van der Waals surface area contributed by atoms with E-state index in [-0.39, 0.29) is 24.4 Å². The lowest BCUT2D eigenvalue weighted by molar-refractivity contribution is -0.137. The highest BCUT2D eigenvalue weighted by Crippen LogP contribution is 2.27. The molecule has 0 saturated carbocycles. The van der Waals surface area contributed by atoms with E-state index in [9.17, 15) is 9.18 Å². The minimum Gasteiger partial charge on any atom is -0.485 e. The summed E-state index contributed by atoms with van der Waals surface area (Å²) in [5.41, 5.74) is 2.44. The molecule has 3 aromatic rings. The Morgan fingerprint density at radius 3 is 2.62 bits per heavy atom. The quantitative estimate of drug-likeness (QED) is 0.590. The molecule has 0 bridgehead atoms. The topological polar surface area (TPSA) is 71.7 Å². The van der Waals surface area contributed by atoms with Gasteiger partial charge in [0.15, 0.2) is 6.61 Å². The summed E-state index contributed by atoms with van der Waals surface area (Å²) in [6.45, 7) is 2.83. The van der Waals surface area contributed by atoms with E-state index in [1.165, 1.54) is 23.3 Å². The lowest BCUT2D eigenvalue weighted by Crippen LogP contribution is -2.50. The van der Waals surface area contributed by atoms with Crippen molar-refractivity contribution in [3.63, 3.8) is 0 Å². The van der Waals surface area contributed by atoms with Crippen LogP contribution in [-0.2, 0) is 30.9 Å². The number of hydrogen-bond acceptors (Lipinski definition) is 6. The summed E-state index contributed by atoms with van der Waals surface area (Å²) < 4.78 is 24.1. The molecule has 0 N–H and O–H groups in total. The normalized spacial score (nSPS) is 18.5. The van der Waals surface area contributed by atoms with Crippen LogP contribution in [0.5, 0.6) is 5.75 Å². The van der Waals surface area contributed by atoms with Gasteiger partial charge in [-0.1, -0.05) is 29.4 Å². The maximum atomic E-state index is 13.3. The minimum absolute atomic E-state index is 0.119. The van der Waals surface area contributed by atoms with Crippen molar-refractivity contribution in [2.45, 2.75) is 45.0 Å². The maximum absolute atomic E-state index is 13.3. The SMILES string of the molecule is O=C([C@H]1Cc2ccccc2CN1Cc1nc(COc2ccc(F)cc2)no1)N1CCCC1. The van der Waals surface area contributed by atoms with Gasteiger partial charge in [0.2, 0.25) is 17.6 Å². The smallest absolute Gasteiger partial charge is 0.240 e. The Hall–Kier alpha value is -3.26. The summed E-state index contributed by atoms with van der Waals surface area (Å²) in [5.74, 6) is 1.24. The number of ether oxygens (including phenoxy) is 1. The second-order valence-electron chi connectivity index (χ2n) is 8.27. The van der Waals surface area contributed by atoms with Gasteiger partial charge in [0.05, 0.1) is 12.6 Å². The highest BCUT2D eigenvalue weighted by molar-refractivity contribution is 5.82. The third-order valence-electron chi connectivity index (χ3n) is 6.08. The number of aromatic nitrogens is 2. The predicted octanol–water partition coefficient (Wildman–Crippen LogP) is 3.34. The Kier molecular flexibility index (Phi) is 5.85. The molecule has 3 heterocycles. The fraction of sp³-hybridized carbons (Fsp3) is 0.375. The minimum atomic E-state index is -0.319. The number of fused-ring (bicyclic) bond motifs is 1. The molecular formula is C24H25FN4O3. The number of nitrogens with zero attached hydrogens (tertiary/aromatic N) is 4. The first-order valence-electron chi connectivity index (χ1n) is 10.9. The van der Waals surface area contributed by atoms with Gasteiger partial charge in [0.1, 0.15) is 11.6 Å². The van der Waals surface area contributed by atoms with Gasteiger partial charge in [-0.15, -0.1) is 0 Å². The van der Waals surface area contributed by atoms with E-state index in [2.05, 4.69) is 27.2 Å². The molecule has 1 amide bonds. The van der Waals surface area contributed by atoms with Gasteiger partial charge in [-0.25, -0.2) is 4.39 Å². The highest BCUT2D eigenvalue weighted by atomic mass is 19.1. The van der Waals surface area contributed by atoms with E-state index >= 15 is 0 Å². The first kappa shape index (κ1) is 20.6. The monoisotopic (exact) mass is 436 g/mol. The Labute approximate surface area is 185 Å². The zero-order chi connectivity index (χ0) is 21.9. The lowest BCUT2D eigenvalue weighted by Gasteiger charge is -2.37. The second-order valence-corrected chi connectivity index (χ2v) is 8.27. The van der Waals surface area contributed by atoms with E-state index in [1.807, 2.05) is 17.0 Å². The van der Waals surface area contributed by atoms with Gasteiger partial charge in [-0.3, -0.25) is 9.69 Å². The molecule has 0 radical (unpaired) electrons. The van der Waals surface area contributed by atoms with Crippen LogP contribution in [0.15, 0.2) is 53.1 Å². The van der Waals surface area contributed by atoms with Crippen LogP contribution in [0.3, 0.4) is 0 Å². The molecular weight excluding hydrogens is 411 g/mol. The summed E-state index contributed by atoms with van der Waals surface area (Å²) in [6, 6.07) is 13.8. The van der Waals surface area contributed by atoms with Crippen LogP contribution in [0, 0.1) is 5.82 Å². The number of carbonyl (C=O) groups excluding carboxylic acids is 1. The third kappa shape index (κ3) is 4.50. The molecule has 8 heteroatoms. The Balaban J connectivity index is 1.29. The van der Waals surface area contributed by atoms with Crippen LogP contribution in [0.4, 0.5) is 4.39 Å². The summed E-state index contributed by atoms with van der Waals surface area (Å²) >= 11 is 0. The van der Waals surface area contributed by atoms with E-state index in [1.54, 1.807) is 12.1 Å². The Morgan fingerprint density at radius 2 is 1.84 bits per heavy atom. The number of benzene rings is 2. The van der Waals surface area contributed by atoms with Gasteiger partial charge < -0.3 is 14.2 Å². The van der Waals surface area contributed by atoms with Crippen molar-refractivity contribution in [2.24, 2.45) is 0 Å². The van der Waals surface area contributed by atoms with Gasteiger partial charge >= 0.3 is 0 Å². The van der Waals surface area contributed by atoms with E-state index in [4.69, 9.17) is 9.26 Å². The van der Waals surface area contributed by atoms with Gasteiger partial charge in [-0.05, 0) is 54.7 Å².